The van der Waals surface area contributed by atoms with Gasteiger partial charge in [-0.05, 0) is 35.7 Å². The molecule has 0 unspecified atom stereocenters. The number of rotatable bonds is 3. The van der Waals surface area contributed by atoms with Crippen LogP contribution < -0.4 is 10.9 Å². The average molecular weight is 363 g/mol. The Hall–Kier alpha value is -2.64. The van der Waals surface area contributed by atoms with Gasteiger partial charge in [-0.2, -0.15) is 0 Å². The van der Waals surface area contributed by atoms with Gasteiger partial charge in [0.05, 0.1) is 12.7 Å². The number of fused-ring (bicyclic) bond motifs is 1. The number of ether oxygens (including phenoxy) is 1. The van der Waals surface area contributed by atoms with E-state index in [1.165, 1.54) is 24.5 Å². The van der Waals surface area contributed by atoms with Gasteiger partial charge in [0.25, 0.3) is 5.91 Å². The summed E-state index contributed by atoms with van der Waals surface area (Å²) in [5.74, 6) is -1.11. The molecular formula is C16H11ClN2O4S. The van der Waals surface area contributed by atoms with E-state index in [2.05, 4.69) is 10.1 Å². The average Bonchev–Trinajstić information content (AvgIpc) is 3.01. The van der Waals surface area contributed by atoms with Crippen molar-refractivity contribution in [1.82, 2.24) is 0 Å². The normalized spacial score (nSPS) is 10.6. The highest BCUT2D eigenvalue weighted by Crippen LogP contribution is 2.25. The minimum absolute atomic E-state index is 0.0361. The molecule has 0 atom stereocenters. The molecular weight excluding hydrogens is 352 g/mol. The van der Waals surface area contributed by atoms with Crippen LogP contribution in [0.5, 0.6) is 0 Å². The Morgan fingerprint density at radius 2 is 2.04 bits per heavy atom. The number of carbonyl (C=O) groups excluding carboxylic acids is 2. The molecule has 3 aromatic rings. The first kappa shape index (κ1) is 16.2. The van der Waals surface area contributed by atoms with E-state index in [4.69, 9.17) is 21.4 Å². The summed E-state index contributed by atoms with van der Waals surface area (Å²) in [5, 5.41) is 13.6. The van der Waals surface area contributed by atoms with E-state index in [0.29, 0.717) is 21.0 Å². The van der Waals surface area contributed by atoms with E-state index in [9.17, 15) is 9.59 Å². The third kappa shape index (κ3) is 3.04. The van der Waals surface area contributed by atoms with Crippen molar-refractivity contribution in [3.8, 4) is 0 Å². The fourth-order valence-electron chi connectivity index (χ4n) is 2.13. The van der Waals surface area contributed by atoms with E-state index in [1.54, 1.807) is 29.6 Å². The van der Waals surface area contributed by atoms with Crippen LogP contribution in [-0.4, -0.2) is 19.0 Å². The van der Waals surface area contributed by atoms with E-state index in [0.717, 1.165) is 0 Å². The van der Waals surface area contributed by atoms with Crippen molar-refractivity contribution in [2.24, 2.45) is 0 Å². The lowest BCUT2D eigenvalue weighted by Crippen LogP contribution is -2.21. The quantitative estimate of drug-likeness (QED) is 0.695. The zero-order valence-electron chi connectivity index (χ0n) is 12.4. The summed E-state index contributed by atoms with van der Waals surface area (Å²) >= 11 is 7.12. The van der Waals surface area contributed by atoms with Crippen LogP contribution in [0.25, 0.3) is 11.0 Å². The van der Waals surface area contributed by atoms with Crippen molar-refractivity contribution in [3.63, 3.8) is 0 Å². The standard InChI is InChI=1S/C16H11ClN2O4S/c1-22-16(21)10-4-5-24-15(10)19-14(20)11-7-8-6-9(17)2-3-12(8)23-13(11)18/h2-7,18H,1H3,(H,19,20). The summed E-state index contributed by atoms with van der Waals surface area (Å²) in [6, 6.07) is 7.99. The Labute approximate surface area is 145 Å². The summed E-state index contributed by atoms with van der Waals surface area (Å²) in [4.78, 5) is 24.1. The molecule has 1 aromatic carbocycles. The van der Waals surface area contributed by atoms with Crippen LogP contribution in [0.15, 0.2) is 40.1 Å². The number of nitrogens with one attached hydrogen (secondary N) is 2. The summed E-state index contributed by atoms with van der Waals surface area (Å²) in [6.45, 7) is 0. The molecule has 2 N–H and O–H groups in total. The van der Waals surface area contributed by atoms with Crippen LogP contribution in [0, 0.1) is 5.41 Å². The van der Waals surface area contributed by atoms with Gasteiger partial charge < -0.3 is 14.5 Å². The van der Waals surface area contributed by atoms with Gasteiger partial charge in [0.1, 0.15) is 16.1 Å². The van der Waals surface area contributed by atoms with E-state index < -0.39 is 11.9 Å². The topological polar surface area (TPSA) is 92.4 Å². The summed E-state index contributed by atoms with van der Waals surface area (Å²) in [5.41, 5.74) is 0.461. The van der Waals surface area contributed by atoms with Crippen LogP contribution >= 0.6 is 22.9 Å². The third-order valence-corrected chi connectivity index (χ3v) is 4.34. The zero-order chi connectivity index (χ0) is 17.3. The Kier molecular flexibility index (Phi) is 4.37. The Morgan fingerprint density at radius 3 is 2.79 bits per heavy atom. The maximum absolute atomic E-state index is 12.5. The minimum atomic E-state index is -0.557. The van der Waals surface area contributed by atoms with Gasteiger partial charge in [-0.1, -0.05) is 11.6 Å². The highest BCUT2D eigenvalue weighted by atomic mass is 35.5. The molecule has 0 aliphatic rings. The molecule has 122 valence electrons. The molecule has 24 heavy (non-hydrogen) atoms. The van der Waals surface area contributed by atoms with Crippen molar-refractivity contribution in [2.75, 3.05) is 12.4 Å². The molecule has 0 radical (unpaired) electrons. The van der Waals surface area contributed by atoms with Gasteiger partial charge in [0.15, 0.2) is 0 Å². The summed E-state index contributed by atoms with van der Waals surface area (Å²) in [6.07, 6.45) is 0. The first-order valence-corrected chi connectivity index (χ1v) is 8.00. The molecule has 8 heteroatoms. The maximum atomic E-state index is 12.5. The summed E-state index contributed by atoms with van der Waals surface area (Å²) < 4.78 is 10.0. The molecule has 0 fully saturated rings. The van der Waals surface area contributed by atoms with Crippen LogP contribution in [-0.2, 0) is 4.74 Å². The van der Waals surface area contributed by atoms with Crippen LogP contribution in [0.2, 0.25) is 5.02 Å². The van der Waals surface area contributed by atoms with Gasteiger partial charge in [-0.15, -0.1) is 11.3 Å². The number of methoxy groups -OCH3 is 1. The van der Waals surface area contributed by atoms with E-state index in [-0.39, 0.29) is 16.7 Å². The number of hydrogen-bond donors (Lipinski definition) is 2. The molecule has 6 nitrogen and oxygen atoms in total. The number of benzene rings is 1. The van der Waals surface area contributed by atoms with Crippen LogP contribution in [0.4, 0.5) is 5.00 Å². The third-order valence-electron chi connectivity index (χ3n) is 3.27. The molecule has 0 aliphatic heterocycles. The van der Waals surface area contributed by atoms with Crippen molar-refractivity contribution in [1.29, 1.82) is 5.41 Å². The van der Waals surface area contributed by atoms with Gasteiger partial charge in [-0.3, -0.25) is 10.2 Å². The smallest absolute Gasteiger partial charge is 0.340 e. The van der Waals surface area contributed by atoms with Gasteiger partial charge in [-0.25, -0.2) is 4.79 Å². The zero-order valence-corrected chi connectivity index (χ0v) is 14.0. The Morgan fingerprint density at radius 1 is 1.25 bits per heavy atom. The number of carbonyl (C=O) groups is 2. The number of amides is 1. The maximum Gasteiger partial charge on any atom is 0.340 e. The number of anilines is 1. The second kappa shape index (κ2) is 6.46. The lowest BCUT2D eigenvalue weighted by molar-refractivity contribution is 0.0602. The van der Waals surface area contributed by atoms with Crippen molar-refractivity contribution in [3.05, 3.63) is 57.4 Å². The molecule has 0 saturated heterocycles. The largest absolute Gasteiger partial charge is 0.465 e. The minimum Gasteiger partial charge on any atom is -0.465 e. The van der Waals surface area contributed by atoms with Crippen LogP contribution in [0.3, 0.4) is 0 Å². The Balaban J connectivity index is 1.97. The predicted molar refractivity (Wildman–Crippen MR) is 90.7 cm³/mol. The molecule has 1 amide bonds. The molecule has 0 bridgehead atoms. The first-order chi connectivity index (χ1) is 11.5. The fourth-order valence-corrected chi connectivity index (χ4v) is 3.08. The highest BCUT2D eigenvalue weighted by molar-refractivity contribution is 7.14. The van der Waals surface area contributed by atoms with Crippen molar-refractivity contribution in [2.45, 2.75) is 0 Å². The highest BCUT2D eigenvalue weighted by Gasteiger charge is 2.18. The number of esters is 1. The van der Waals surface area contributed by atoms with E-state index in [1.807, 2.05) is 0 Å². The van der Waals surface area contributed by atoms with Crippen molar-refractivity contribution < 1.29 is 18.7 Å². The molecule has 0 aliphatic carbocycles. The number of thiophene rings is 1. The molecule has 2 aromatic heterocycles. The lowest BCUT2D eigenvalue weighted by atomic mass is 10.1. The lowest BCUT2D eigenvalue weighted by Gasteiger charge is -2.06. The fraction of sp³-hybridized carbons (Fsp3) is 0.0625. The van der Waals surface area contributed by atoms with E-state index >= 15 is 0 Å². The van der Waals surface area contributed by atoms with Gasteiger partial charge in [0, 0.05) is 10.4 Å². The van der Waals surface area contributed by atoms with Crippen LogP contribution in [0.1, 0.15) is 20.7 Å². The molecule has 0 saturated carbocycles. The second-order valence-corrected chi connectivity index (χ2v) is 6.13. The first-order valence-electron chi connectivity index (χ1n) is 6.75. The predicted octanol–water partition coefficient (Wildman–Crippen LogP) is 3.67. The second-order valence-electron chi connectivity index (χ2n) is 4.78. The molecule has 2 heterocycles. The Bertz CT molecular complexity index is 1010. The summed E-state index contributed by atoms with van der Waals surface area (Å²) in [7, 11) is 1.26. The van der Waals surface area contributed by atoms with Gasteiger partial charge >= 0.3 is 5.97 Å². The molecule has 0 spiro atoms. The SMILES string of the molecule is COC(=O)c1ccsc1NC(=O)c1cc2cc(Cl)ccc2oc1=N. The number of halogens is 1. The number of hydrogen-bond acceptors (Lipinski definition) is 6. The molecule has 3 rings (SSSR count). The monoisotopic (exact) mass is 362 g/mol. The van der Waals surface area contributed by atoms with Gasteiger partial charge in [0.2, 0.25) is 5.55 Å². The van der Waals surface area contributed by atoms with Crippen molar-refractivity contribution >= 4 is 50.8 Å².